The van der Waals surface area contributed by atoms with Crippen LogP contribution in [0.3, 0.4) is 0 Å². The van der Waals surface area contributed by atoms with Gasteiger partial charge in [-0.1, -0.05) is 0 Å². The summed E-state index contributed by atoms with van der Waals surface area (Å²) in [6, 6.07) is 4.67. The lowest BCUT2D eigenvalue weighted by atomic mass is 10.1. The normalized spacial score (nSPS) is 17.6. The molecular formula is C21H19F3N8O3S. The summed E-state index contributed by atoms with van der Waals surface area (Å²) < 4.78 is 66.8. The van der Waals surface area contributed by atoms with Crippen molar-refractivity contribution in [2.45, 2.75) is 31.5 Å². The first kappa shape index (κ1) is 23.9. The number of nitrogens with one attached hydrogen (secondary N) is 1. The molecule has 1 aliphatic heterocycles. The summed E-state index contributed by atoms with van der Waals surface area (Å²) in [5.41, 5.74) is 1.56. The summed E-state index contributed by atoms with van der Waals surface area (Å²) in [5.74, 6) is -0.802. The third kappa shape index (κ3) is 4.44. The lowest BCUT2D eigenvalue weighted by molar-refractivity contribution is -0.130. The van der Waals surface area contributed by atoms with Crippen LogP contribution in [-0.2, 0) is 10.0 Å². The van der Waals surface area contributed by atoms with Gasteiger partial charge in [0.2, 0.25) is 10.0 Å². The number of aromatic amines is 1. The Morgan fingerprint density at radius 1 is 1.28 bits per heavy atom. The molecule has 0 aromatic carbocycles. The summed E-state index contributed by atoms with van der Waals surface area (Å²) >= 11 is 0. The van der Waals surface area contributed by atoms with E-state index >= 15 is 0 Å². The van der Waals surface area contributed by atoms with Crippen molar-refractivity contribution in [1.82, 2.24) is 33.4 Å². The maximum Gasteiger partial charge on any atom is 0.390 e. The quantitative estimate of drug-likeness (QED) is 0.425. The molecule has 1 aliphatic rings. The first-order chi connectivity index (χ1) is 17.1. The van der Waals surface area contributed by atoms with Crippen LogP contribution in [0.5, 0.6) is 0 Å². The molecule has 1 fully saturated rings. The van der Waals surface area contributed by atoms with Crippen LogP contribution in [0.1, 0.15) is 30.9 Å². The largest absolute Gasteiger partial charge is 0.390 e. The van der Waals surface area contributed by atoms with E-state index in [0.717, 1.165) is 4.31 Å². The van der Waals surface area contributed by atoms with Crippen molar-refractivity contribution in [2.24, 2.45) is 0 Å². The molecule has 4 aromatic heterocycles. The van der Waals surface area contributed by atoms with Gasteiger partial charge in [-0.05, 0) is 25.0 Å². The smallest absolute Gasteiger partial charge is 0.303 e. The van der Waals surface area contributed by atoms with E-state index in [0.29, 0.717) is 35.0 Å². The third-order valence-corrected chi connectivity index (χ3v) is 7.95. The SMILES string of the molecule is N#Cc1ccn2ncc(-c3ncc4[nH]c(=O)n(C5CCCN(S(=O)(=O)CCC(F)(F)F)C5)c4n3)c2c1. The molecule has 5 rings (SSSR count). The molecule has 1 N–H and O–H groups in total. The van der Waals surface area contributed by atoms with E-state index in [1.165, 1.54) is 17.0 Å². The van der Waals surface area contributed by atoms with Crippen LogP contribution in [0.4, 0.5) is 13.2 Å². The van der Waals surface area contributed by atoms with Gasteiger partial charge in [-0.2, -0.15) is 27.8 Å². The van der Waals surface area contributed by atoms with E-state index in [2.05, 4.69) is 26.1 Å². The van der Waals surface area contributed by atoms with E-state index in [-0.39, 0.29) is 24.6 Å². The number of fused-ring (bicyclic) bond motifs is 2. The highest BCUT2D eigenvalue weighted by Crippen LogP contribution is 2.28. The molecule has 15 heteroatoms. The maximum atomic E-state index is 12.8. The van der Waals surface area contributed by atoms with Crippen LogP contribution in [0.25, 0.3) is 28.1 Å². The second-order valence-corrected chi connectivity index (χ2v) is 10.6. The molecule has 0 radical (unpaired) electrons. The van der Waals surface area contributed by atoms with Gasteiger partial charge < -0.3 is 4.98 Å². The molecule has 0 spiro atoms. The molecule has 0 amide bonds. The number of halogens is 3. The highest BCUT2D eigenvalue weighted by Gasteiger charge is 2.35. The predicted molar refractivity (Wildman–Crippen MR) is 121 cm³/mol. The fraction of sp³-hybridized carbons (Fsp3) is 0.381. The molecule has 4 aromatic rings. The Labute approximate surface area is 201 Å². The van der Waals surface area contributed by atoms with Crippen LogP contribution >= 0.6 is 0 Å². The van der Waals surface area contributed by atoms with Crippen LogP contribution in [0.2, 0.25) is 0 Å². The summed E-state index contributed by atoms with van der Waals surface area (Å²) in [4.78, 5) is 24.3. The van der Waals surface area contributed by atoms with Crippen molar-refractivity contribution in [3.05, 3.63) is 46.8 Å². The molecule has 11 nitrogen and oxygen atoms in total. The van der Waals surface area contributed by atoms with Gasteiger partial charge in [-0.25, -0.2) is 27.7 Å². The summed E-state index contributed by atoms with van der Waals surface area (Å²) in [6.45, 7) is -0.0632. The Bertz CT molecular complexity index is 1670. The minimum Gasteiger partial charge on any atom is -0.303 e. The van der Waals surface area contributed by atoms with Gasteiger partial charge in [0, 0.05) is 19.3 Å². The number of alkyl halides is 3. The van der Waals surface area contributed by atoms with Crippen LogP contribution in [0.15, 0.2) is 35.5 Å². The minimum absolute atomic E-state index is 0.0810. The van der Waals surface area contributed by atoms with Crippen molar-refractivity contribution in [2.75, 3.05) is 18.8 Å². The molecule has 1 saturated heterocycles. The number of imidazole rings is 1. The average Bonchev–Trinajstić information content (AvgIpc) is 3.41. The van der Waals surface area contributed by atoms with E-state index in [1.54, 1.807) is 22.8 Å². The number of H-pyrrole nitrogens is 1. The first-order valence-corrected chi connectivity index (χ1v) is 12.6. The molecule has 1 atom stereocenters. The lowest BCUT2D eigenvalue weighted by Gasteiger charge is -2.32. The average molecular weight is 520 g/mol. The highest BCUT2D eigenvalue weighted by molar-refractivity contribution is 7.89. The van der Waals surface area contributed by atoms with E-state index in [1.807, 2.05) is 0 Å². The van der Waals surface area contributed by atoms with Crippen molar-refractivity contribution >= 4 is 26.7 Å². The Morgan fingerprint density at radius 3 is 2.83 bits per heavy atom. The number of hydrogen-bond donors (Lipinski definition) is 1. The fourth-order valence-electron chi connectivity index (χ4n) is 4.37. The summed E-state index contributed by atoms with van der Waals surface area (Å²) in [6.07, 6.45) is -0.630. The number of nitrogens with zero attached hydrogens (tertiary/aromatic N) is 7. The molecular weight excluding hydrogens is 501 g/mol. The highest BCUT2D eigenvalue weighted by atomic mass is 32.2. The van der Waals surface area contributed by atoms with E-state index < -0.39 is 40.1 Å². The Kier molecular flexibility index (Phi) is 5.80. The number of rotatable bonds is 5. The predicted octanol–water partition coefficient (Wildman–Crippen LogP) is 2.23. The van der Waals surface area contributed by atoms with Gasteiger partial charge in [0.25, 0.3) is 0 Å². The number of hydrogen-bond acceptors (Lipinski definition) is 7. The number of piperidine rings is 1. The molecule has 1 unspecified atom stereocenters. The second kappa shape index (κ2) is 8.71. The molecule has 0 saturated carbocycles. The van der Waals surface area contributed by atoms with Crippen molar-refractivity contribution in [1.29, 1.82) is 5.26 Å². The minimum atomic E-state index is -4.59. The van der Waals surface area contributed by atoms with E-state index in [4.69, 9.17) is 0 Å². The van der Waals surface area contributed by atoms with Crippen molar-refractivity contribution < 1.29 is 21.6 Å². The Balaban J connectivity index is 1.51. The van der Waals surface area contributed by atoms with Gasteiger partial charge in [0.15, 0.2) is 11.5 Å². The van der Waals surface area contributed by atoms with Gasteiger partial charge in [0.1, 0.15) is 5.52 Å². The molecule has 5 heterocycles. The maximum absolute atomic E-state index is 12.8. The Morgan fingerprint density at radius 2 is 2.08 bits per heavy atom. The number of nitriles is 1. The zero-order chi connectivity index (χ0) is 25.7. The third-order valence-electron chi connectivity index (χ3n) is 6.11. The fourth-order valence-corrected chi connectivity index (χ4v) is 5.92. The number of aromatic nitrogens is 6. The molecule has 188 valence electrons. The Hall–Kier alpha value is -3.77. The lowest BCUT2D eigenvalue weighted by Crippen LogP contribution is -2.43. The van der Waals surface area contributed by atoms with E-state index in [9.17, 15) is 31.6 Å². The summed E-state index contributed by atoms with van der Waals surface area (Å²) in [5, 5.41) is 13.5. The van der Waals surface area contributed by atoms with Crippen LogP contribution in [-0.4, -0.2) is 66.9 Å². The van der Waals surface area contributed by atoms with Gasteiger partial charge in [-0.3, -0.25) is 4.57 Å². The standard InChI is InChI=1S/C21H19F3N8O3S/c22-21(23,24)4-7-36(34,35)30-5-1-2-14(12-30)32-19-16(28-20(32)33)11-26-18(29-19)15-10-27-31-6-3-13(9-25)8-17(15)31/h3,6,8,10-11,14H,1-2,4-5,7,12H2,(H,28,33). The number of pyridine rings is 1. The zero-order valence-corrected chi connectivity index (χ0v) is 19.4. The second-order valence-electron chi connectivity index (χ2n) is 8.48. The van der Waals surface area contributed by atoms with Gasteiger partial charge in [0.05, 0.1) is 53.3 Å². The van der Waals surface area contributed by atoms with Gasteiger partial charge >= 0.3 is 11.9 Å². The number of sulfonamides is 1. The molecule has 0 aliphatic carbocycles. The molecule has 0 bridgehead atoms. The van der Waals surface area contributed by atoms with Crippen LogP contribution < -0.4 is 5.69 Å². The van der Waals surface area contributed by atoms with Crippen LogP contribution in [0, 0.1) is 11.3 Å². The van der Waals surface area contributed by atoms with Crippen molar-refractivity contribution in [3.63, 3.8) is 0 Å². The topological polar surface area (TPSA) is 142 Å². The first-order valence-electron chi connectivity index (χ1n) is 11.0. The monoisotopic (exact) mass is 520 g/mol. The molecule has 36 heavy (non-hydrogen) atoms. The van der Waals surface area contributed by atoms with Crippen molar-refractivity contribution in [3.8, 4) is 17.5 Å². The summed E-state index contributed by atoms with van der Waals surface area (Å²) in [7, 11) is -4.16. The zero-order valence-electron chi connectivity index (χ0n) is 18.6. The van der Waals surface area contributed by atoms with Gasteiger partial charge in [-0.15, -0.1) is 0 Å².